The maximum atomic E-state index is 10.9. The Morgan fingerprint density at radius 3 is 2.55 bits per heavy atom. The lowest BCUT2D eigenvalue weighted by atomic mass is 9.97. The summed E-state index contributed by atoms with van der Waals surface area (Å²) >= 11 is 3.36. The molecule has 2 heterocycles. The average molecular weight is 340 g/mol. The lowest BCUT2D eigenvalue weighted by Gasteiger charge is -2.37. The van der Waals surface area contributed by atoms with E-state index in [1.165, 1.54) is 12.8 Å². The molecular formula is C14H18BrN3O2. The van der Waals surface area contributed by atoms with E-state index in [0.717, 1.165) is 29.4 Å². The van der Waals surface area contributed by atoms with Gasteiger partial charge < -0.3 is 5.73 Å². The first-order valence-electron chi connectivity index (χ1n) is 6.98. The van der Waals surface area contributed by atoms with Crippen LogP contribution in [0.3, 0.4) is 0 Å². The summed E-state index contributed by atoms with van der Waals surface area (Å²) in [6.45, 7) is 0.780. The van der Waals surface area contributed by atoms with Crippen molar-refractivity contribution < 1.29 is 4.92 Å². The Balaban J connectivity index is 1.80. The third kappa shape index (κ3) is 2.73. The predicted molar refractivity (Wildman–Crippen MR) is 80.4 cm³/mol. The molecule has 2 fully saturated rings. The van der Waals surface area contributed by atoms with Crippen molar-refractivity contribution in [1.29, 1.82) is 0 Å². The number of hydrogen-bond acceptors (Lipinski definition) is 4. The molecule has 6 heteroatoms. The molecule has 2 saturated heterocycles. The van der Waals surface area contributed by atoms with Gasteiger partial charge in [0.2, 0.25) is 0 Å². The molecule has 0 aromatic heterocycles. The number of hydrogen-bond donors (Lipinski definition) is 1. The van der Waals surface area contributed by atoms with Crippen molar-refractivity contribution in [3.63, 3.8) is 0 Å². The van der Waals surface area contributed by atoms with Crippen LogP contribution < -0.4 is 5.73 Å². The molecule has 1 aromatic rings. The predicted octanol–water partition coefficient (Wildman–Crippen LogP) is 2.81. The van der Waals surface area contributed by atoms with Gasteiger partial charge >= 0.3 is 0 Å². The fraction of sp³-hybridized carbons (Fsp3) is 0.571. The lowest BCUT2D eigenvalue weighted by Crippen LogP contribution is -2.46. The fourth-order valence-corrected chi connectivity index (χ4v) is 4.14. The number of non-ortho nitro benzene ring substituents is 1. The molecular weight excluding hydrogens is 322 g/mol. The van der Waals surface area contributed by atoms with Crippen LogP contribution in [0.5, 0.6) is 0 Å². The van der Waals surface area contributed by atoms with E-state index in [0.29, 0.717) is 18.1 Å². The molecule has 108 valence electrons. The second-order valence-electron chi connectivity index (χ2n) is 5.86. The SMILES string of the molecule is NC1CC2CCC(C1)N2Cc1cc(Br)cc([N+](=O)[O-])c1. The third-order valence-corrected chi connectivity index (χ3v) is 4.90. The van der Waals surface area contributed by atoms with Crippen LogP contribution >= 0.6 is 15.9 Å². The van der Waals surface area contributed by atoms with Crippen molar-refractivity contribution in [3.8, 4) is 0 Å². The van der Waals surface area contributed by atoms with Crippen LogP contribution in [-0.4, -0.2) is 27.9 Å². The molecule has 0 radical (unpaired) electrons. The zero-order valence-corrected chi connectivity index (χ0v) is 12.8. The minimum absolute atomic E-state index is 0.149. The minimum atomic E-state index is -0.338. The largest absolute Gasteiger partial charge is 0.328 e. The van der Waals surface area contributed by atoms with Crippen LogP contribution in [0.1, 0.15) is 31.2 Å². The van der Waals surface area contributed by atoms with E-state index in [4.69, 9.17) is 5.73 Å². The van der Waals surface area contributed by atoms with Crippen LogP contribution in [0.2, 0.25) is 0 Å². The van der Waals surface area contributed by atoms with Crippen LogP contribution in [0, 0.1) is 10.1 Å². The van der Waals surface area contributed by atoms with Crippen LogP contribution in [0.25, 0.3) is 0 Å². The van der Waals surface area contributed by atoms with Gasteiger partial charge in [-0.25, -0.2) is 0 Å². The average Bonchev–Trinajstić information content (AvgIpc) is 2.61. The van der Waals surface area contributed by atoms with E-state index in [1.807, 2.05) is 6.07 Å². The van der Waals surface area contributed by atoms with E-state index in [9.17, 15) is 10.1 Å². The topological polar surface area (TPSA) is 72.4 Å². The summed E-state index contributed by atoms with van der Waals surface area (Å²) in [7, 11) is 0. The van der Waals surface area contributed by atoms with Gasteiger partial charge in [0.15, 0.2) is 0 Å². The molecule has 5 nitrogen and oxygen atoms in total. The molecule has 2 unspecified atom stereocenters. The Hall–Kier alpha value is -0.980. The highest BCUT2D eigenvalue weighted by Gasteiger charge is 2.39. The minimum Gasteiger partial charge on any atom is -0.328 e. The number of nitrogens with two attached hydrogens (primary N) is 1. The summed E-state index contributed by atoms with van der Waals surface area (Å²) in [5.41, 5.74) is 7.22. The number of nitro benzene ring substituents is 1. The zero-order chi connectivity index (χ0) is 14.3. The number of piperidine rings is 1. The highest BCUT2D eigenvalue weighted by Crippen LogP contribution is 2.36. The first kappa shape index (κ1) is 14.0. The van der Waals surface area contributed by atoms with Crippen molar-refractivity contribution >= 4 is 21.6 Å². The van der Waals surface area contributed by atoms with E-state index in [2.05, 4.69) is 20.8 Å². The summed E-state index contributed by atoms with van der Waals surface area (Å²) in [6.07, 6.45) is 4.50. The molecule has 0 amide bonds. The molecule has 0 spiro atoms. The molecule has 3 rings (SSSR count). The Labute approximate surface area is 126 Å². The van der Waals surface area contributed by atoms with Gasteiger partial charge in [-0.1, -0.05) is 15.9 Å². The van der Waals surface area contributed by atoms with Gasteiger partial charge in [0, 0.05) is 41.3 Å². The summed E-state index contributed by atoms with van der Waals surface area (Å²) in [4.78, 5) is 13.1. The smallest absolute Gasteiger partial charge is 0.270 e. The molecule has 2 aliphatic heterocycles. The number of benzene rings is 1. The van der Waals surface area contributed by atoms with Gasteiger partial charge in [-0.05, 0) is 37.3 Å². The van der Waals surface area contributed by atoms with Crippen LogP contribution in [-0.2, 0) is 6.54 Å². The van der Waals surface area contributed by atoms with Crippen molar-refractivity contribution in [3.05, 3.63) is 38.3 Å². The first-order chi connectivity index (χ1) is 9.52. The van der Waals surface area contributed by atoms with Gasteiger partial charge in [0.1, 0.15) is 0 Å². The second kappa shape index (κ2) is 5.42. The summed E-state index contributed by atoms with van der Waals surface area (Å²) < 4.78 is 0.766. The van der Waals surface area contributed by atoms with Gasteiger partial charge in [-0.15, -0.1) is 0 Å². The molecule has 0 saturated carbocycles. The molecule has 0 aliphatic carbocycles. The quantitative estimate of drug-likeness (QED) is 0.678. The highest BCUT2D eigenvalue weighted by atomic mass is 79.9. The molecule has 1 aromatic carbocycles. The standard InChI is InChI=1S/C14H18BrN3O2/c15-10-3-9(4-14(5-10)18(19)20)8-17-12-1-2-13(17)7-11(16)6-12/h3-5,11-13H,1-2,6-8,16H2. The van der Waals surface area contributed by atoms with E-state index < -0.39 is 0 Å². The Kier molecular flexibility index (Phi) is 3.79. The third-order valence-electron chi connectivity index (χ3n) is 4.44. The van der Waals surface area contributed by atoms with Gasteiger partial charge in [0.25, 0.3) is 5.69 Å². The van der Waals surface area contributed by atoms with Gasteiger partial charge in [-0.3, -0.25) is 15.0 Å². The maximum absolute atomic E-state index is 10.9. The molecule has 2 bridgehead atoms. The lowest BCUT2D eigenvalue weighted by molar-refractivity contribution is -0.385. The zero-order valence-electron chi connectivity index (χ0n) is 11.2. The Morgan fingerprint density at radius 1 is 1.30 bits per heavy atom. The summed E-state index contributed by atoms with van der Waals surface area (Å²) in [5.74, 6) is 0. The van der Waals surface area contributed by atoms with E-state index in [-0.39, 0.29) is 10.6 Å². The highest BCUT2D eigenvalue weighted by molar-refractivity contribution is 9.10. The van der Waals surface area contributed by atoms with Crippen LogP contribution in [0.4, 0.5) is 5.69 Å². The maximum Gasteiger partial charge on any atom is 0.270 e. The van der Waals surface area contributed by atoms with Crippen molar-refractivity contribution in [1.82, 2.24) is 4.90 Å². The molecule has 2 aliphatic rings. The number of rotatable bonds is 3. The monoisotopic (exact) mass is 339 g/mol. The summed E-state index contributed by atoms with van der Waals surface area (Å²) in [6, 6.07) is 6.60. The second-order valence-corrected chi connectivity index (χ2v) is 6.78. The first-order valence-corrected chi connectivity index (χ1v) is 7.77. The van der Waals surface area contributed by atoms with Crippen molar-refractivity contribution in [2.24, 2.45) is 5.73 Å². The van der Waals surface area contributed by atoms with Crippen molar-refractivity contribution in [2.75, 3.05) is 0 Å². The van der Waals surface area contributed by atoms with Gasteiger partial charge in [0.05, 0.1) is 4.92 Å². The normalized spacial score (nSPS) is 29.6. The Morgan fingerprint density at radius 2 is 1.95 bits per heavy atom. The molecule has 20 heavy (non-hydrogen) atoms. The van der Waals surface area contributed by atoms with E-state index in [1.54, 1.807) is 12.1 Å². The number of nitrogens with zero attached hydrogens (tertiary/aromatic N) is 2. The Bertz CT molecular complexity index is 523. The van der Waals surface area contributed by atoms with Crippen LogP contribution in [0.15, 0.2) is 22.7 Å². The summed E-state index contributed by atoms with van der Waals surface area (Å²) in [5, 5.41) is 10.9. The number of fused-ring (bicyclic) bond motifs is 2. The van der Waals surface area contributed by atoms with Gasteiger partial charge in [-0.2, -0.15) is 0 Å². The number of nitro groups is 1. The van der Waals surface area contributed by atoms with Crippen molar-refractivity contribution in [2.45, 2.75) is 50.4 Å². The number of halogens is 1. The van der Waals surface area contributed by atoms with E-state index >= 15 is 0 Å². The molecule has 2 N–H and O–H groups in total. The molecule has 2 atom stereocenters. The fourth-order valence-electron chi connectivity index (χ4n) is 3.62.